The van der Waals surface area contributed by atoms with E-state index < -0.39 is 0 Å². The minimum Gasteiger partial charge on any atom is -0.367 e. The first-order valence-electron chi connectivity index (χ1n) is 19.9. The fourth-order valence-corrected chi connectivity index (χ4v) is 8.41. The molecule has 3 heterocycles. The fraction of sp³-hybridized carbons (Fsp3) is 0.0182. The number of fused-ring (bicyclic) bond motifs is 4. The molecular weight excluding hydrogens is 912 g/mol. The molecule has 0 fully saturated rings. The second-order valence-corrected chi connectivity index (χ2v) is 14.9. The van der Waals surface area contributed by atoms with Gasteiger partial charge < -0.3 is 14.1 Å². The van der Waals surface area contributed by atoms with Gasteiger partial charge in [-0.05, 0) is 79.9 Å². The third-order valence-electron chi connectivity index (χ3n) is 11.4. The van der Waals surface area contributed by atoms with Crippen molar-refractivity contribution in [3.8, 4) is 72.8 Å². The minimum absolute atomic E-state index is 0. The summed E-state index contributed by atoms with van der Waals surface area (Å²) in [5.41, 5.74) is 16.9. The van der Waals surface area contributed by atoms with Crippen LogP contribution in [0, 0.1) is 12.1 Å². The molecule has 4 nitrogen and oxygen atoms in total. The molecule has 0 spiro atoms. The summed E-state index contributed by atoms with van der Waals surface area (Å²) in [5, 5.41) is 2.24. The van der Waals surface area contributed by atoms with Gasteiger partial charge in [0, 0.05) is 18.8 Å². The van der Waals surface area contributed by atoms with Crippen LogP contribution >= 0.6 is 0 Å². The van der Waals surface area contributed by atoms with Crippen LogP contribution < -0.4 is 0 Å². The van der Waals surface area contributed by atoms with Crippen LogP contribution in [0.5, 0.6) is 0 Å². The summed E-state index contributed by atoms with van der Waals surface area (Å²) in [6.07, 6.45) is 1.83. The number of rotatable bonds is 7. The van der Waals surface area contributed by atoms with E-state index in [9.17, 15) is 0 Å². The Balaban J connectivity index is 0.00000433. The van der Waals surface area contributed by atoms with Gasteiger partial charge in [0.25, 0.3) is 0 Å². The molecular formula is C55H36N4Pt. The zero-order valence-corrected chi connectivity index (χ0v) is 34.9. The summed E-state index contributed by atoms with van der Waals surface area (Å²) >= 11 is 0. The van der Waals surface area contributed by atoms with E-state index in [2.05, 4.69) is 203 Å². The van der Waals surface area contributed by atoms with E-state index in [1.807, 2.05) is 30.5 Å². The molecule has 0 radical (unpaired) electrons. The molecule has 286 valence electrons. The van der Waals surface area contributed by atoms with E-state index >= 15 is 0 Å². The van der Waals surface area contributed by atoms with Crippen molar-refractivity contribution >= 4 is 32.8 Å². The van der Waals surface area contributed by atoms with Crippen LogP contribution in [0.15, 0.2) is 200 Å². The molecule has 0 atom stereocenters. The van der Waals surface area contributed by atoms with Crippen molar-refractivity contribution in [3.63, 3.8) is 0 Å². The summed E-state index contributed by atoms with van der Waals surface area (Å²) in [7, 11) is 2.10. The number of nitrogens with zero attached hydrogens (tertiary/aromatic N) is 4. The first-order chi connectivity index (χ1) is 29.2. The van der Waals surface area contributed by atoms with Crippen molar-refractivity contribution in [2.24, 2.45) is 7.05 Å². The van der Waals surface area contributed by atoms with Gasteiger partial charge in [-0.15, -0.1) is 42.0 Å². The van der Waals surface area contributed by atoms with E-state index in [4.69, 9.17) is 4.98 Å². The number of pyridine rings is 1. The van der Waals surface area contributed by atoms with Gasteiger partial charge in [0.1, 0.15) is 0 Å². The van der Waals surface area contributed by atoms with Crippen LogP contribution in [0.2, 0.25) is 0 Å². The van der Waals surface area contributed by atoms with Gasteiger partial charge in [-0.2, -0.15) is 0 Å². The Hall–Kier alpha value is -7.13. The SMILES string of the molecule is Cn1c(-c2[c-]c3c(cc2-c2ccc(-c4ccccc4)cc2)c2cc(-c4ccc(-c5ccccc5)cc4)ccc2n3-c2[c-]c(-c3ccccn3)ccc2)nc2ccccc21.[Pt+2]. The molecule has 8 aromatic carbocycles. The topological polar surface area (TPSA) is 35.6 Å². The number of imidazole rings is 1. The van der Waals surface area contributed by atoms with Crippen molar-refractivity contribution in [2.45, 2.75) is 0 Å². The summed E-state index contributed by atoms with van der Waals surface area (Å²) in [5.74, 6) is 0.859. The number of hydrogen-bond donors (Lipinski definition) is 0. The van der Waals surface area contributed by atoms with Gasteiger partial charge in [-0.25, -0.2) is 0 Å². The van der Waals surface area contributed by atoms with E-state index in [1.165, 1.54) is 22.3 Å². The molecule has 0 aliphatic rings. The van der Waals surface area contributed by atoms with Crippen LogP contribution in [0.3, 0.4) is 0 Å². The smallest absolute Gasteiger partial charge is 0.367 e. The number of hydrogen-bond acceptors (Lipinski definition) is 2. The van der Waals surface area contributed by atoms with Crippen molar-refractivity contribution < 1.29 is 21.1 Å². The van der Waals surface area contributed by atoms with Crippen LogP contribution in [0.4, 0.5) is 0 Å². The summed E-state index contributed by atoms with van der Waals surface area (Å²) in [6.45, 7) is 0. The standard InChI is InChI=1S/C55H36N4.Pt/c1-58-53-21-9-8-20-51(53)57-55(58)49-36-54-48(35-46(49)42-28-26-40(27-29-42)38-15-6-3-7-16-38)47-34-43(41-24-22-39(23-25-41)37-13-4-2-5-14-37)30-31-52(47)59(54)45-18-12-17-44(33-45)50-19-10-11-32-56-50;/h2-32,34-35H,1H3;/q-2;+2. The molecule has 60 heavy (non-hydrogen) atoms. The van der Waals surface area contributed by atoms with Gasteiger partial charge in [0.05, 0.1) is 16.9 Å². The number of para-hydroxylation sites is 2. The molecule has 0 aliphatic carbocycles. The molecule has 5 heteroatoms. The van der Waals surface area contributed by atoms with E-state index in [0.29, 0.717) is 0 Å². The molecule has 0 aliphatic heterocycles. The average Bonchev–Trinajstić information content (AvgIpc) is 3.82. The molecule has 3 aromatic heterocycles. The summed E-state index contributed by atoms with van der Waals surface area (Å²) in [4.78, 5) is 9.90. The molecule has 0 unspecified atom stereocenters. The van der Waals surface area contributed by atoms with Gasteiger partial charge in [-0.3, -0.25) is 4.98 Å². The third kappa shape index (κ3) is 6.56. The van der Waals surface area contributed by atoms with Crippen LogP contribution in [-0.4, -0.2) is 19.1 Å². The first-order valence-corrected chi connectivity index (χ1v) is 19.9. The summed E-state index contributed by atoms with van der Waals surface area (Å²) in [6, 6.07) is 76.3. The van der Waals surface area contributed by atoms with E-state index in [-0.39, 0.29) is 21.1 Å². The number of aryl methyl sites for hydroxylation is 1. The quantitative estimate of drug-likeness (QED) is 0.149. The molecule has 0 saturated carbocycles. The second kappa shape index (κ2) is 15.6. The fourth-order valence-electron chi connectivity index (χ4n) is 8.41. The minimum atomic E-state index is 0. The normalized spacial score (nSPS) is 11.3. The van der Waals surface area contributed by atoms with Crippen LogP contribution in [0.25, 0.3) is 106 Å². The van der Waals surface area contributed by atoms with Gasteiger partial charge >= 0.3 is 21.1 Å². The largest absolute Gasteiger partial charge is 2.00 e. The predicted octanol–water partition coefficient (Wildman–Crippen LogP) is 13.7. The Bertz CT molecular complexity index is 3300. The van der Waals surface area contributed by atoms with Crippen LogP contribution in [0.1, 0.15) is 0 Å². The Kier molecular flexibility index (Phi) is 9.64. The Morgan fingerprint density at radius 2 is 1.07 bits per heavy atom. The molecule has 11 aromatic rings. The van der Waals surface area contributed by atoms with Crippen molar-refractivity contribution in [3.05, 3.63) is 212 Å². The van der Waals surface area contributed by atoms with Gasteiger partial charge in [0.2, 0.25) is 0 Å². The third-order valence-corrected chi connectivity index (χ3v) is 11.4. The van der Waals surface area contributed by atoms with Crippen molar-refractivity contribution in [1.82, 2.24) is 19.1 Å². The second-order valence-electron chi connectivity index (χ2n) is 14.9. The van der Waals surface area contributed by atoms with Crippen molar-refractivity contribution in [2.75, 3.05) is 0 Å². The molecule has 0 bridgehead atoms. The monoisotopic (exact) mass is 947 g/mol. The predicted molar refractivity (Wildman–Crippen MR) is 243 cm³/mol. The Morgan fingerprint density at radius 3 is 1.73 bits per heavy atom. The maximum atomic E-state index is 5.24. The van der Waals surface area contributed by atoms with Crippen molar-refractivity contribution in [1.29, 1.82) is 0 Å². The number of benzene rings is 8. The Morgan fingerprint density at radius 1 is 0.467 bits per heavy atom. The van der Waals surface area contributed by atoms with Crippen LogP contribution in [-0.2, 0) is 28.1 Å². The zero-order valence-electron chi connectivity index (χ0n) is 32.7. The molecule has 0 N–H and O–H groups in total. The summed E-state index contributed by atoms with van der Waals surface area (Å²) < 4.78 is 4.49. The maximum absolute atomic E-state index is 5.24. The van der Waals surface area contributed by atoms with E-state index in [1.54, 1.807) is 0 Å². The molecule has 0 amide bonds. The van der Waals surface area contributed by atoms with Gasteiger partial charge in [0.15, 0.2) is 0 Å². The van der Waals surface area contributed by atoms with Gasteiger partial charge in [-0.1, -0.05) is 168 Å². The zero-order chi connectivity index (χ0) is 39.3. The average molecular weight is 948 g/mol. The van der Waals surface area contributed by atoms with E-state index in [0.717, 1.165) is 83.4 Å². The molecule has 11 rings (SSSR count). The number of aromatic nitrogens is 4. The Labute approximate surface area is 363 Å². The first kappa shape index (κ1) is 37.2. The molecule has 0 saturated heterocycles. The maximum Gasteiger partial charge on any atom is 2.00 e.